The fourth-order valence-electron chi connectivity index (χ4n) is 9.49. The van der Waals surface area contributed by atoms with Gasteiger partial charge in [-0.2, -0.15) is 0 Å². The molecule has 0 amide bonds. The monoisotopic (exact) mass is 715 g/mol. The highest BCUT2D eigenvalue weighted by Gasteiger charge is 2.51. The molecule has 0 radical (unpaired) electrons. The zero-order valence-electron chi connectivity index (χ0n) is 30.3. The van der Waals surface area contributed by atoms with Gasteiger partial charge in [-0.15, -0.1) is 0 Å². The van der Waals surface area contributed by atoms with Gasteiger partial charge in [0.1, 0.15) is 17.1 Å². The summed E-state index contributed by atoms with van der Waals surface area (Å²) in [6.45, 7) is 0. The van der Waals surface area contributed by atoms with Crippen LogP contribution in [0.2, 0.25) is 0 Å². The van der Waals surface area contributed by atoms with E-state index in [2.05, 4.69) is 193 Å². The summed E-state index contributed by atoms with van der Waals surface area (Å²) >= 11 is 0. The minimum absolute atomic E-state index is 0.517. The summed E-state index contributed by atoms with van der Waals surface area (Å²) in [4.78, 5) is 2.28. The number of anilines is 3. The van der Waals surface area contributed by atoms with Gasteiger partial charge in [0.25, 0.3) is 0 Å². The molecule has 0 saturated carbocycles. The lowest BCUT2D eigenvalue weighted by atomic mass is 9.65. The number of para-hydroxylation sites is 3. The van der Waals surface area contributed by atoms with Gasteiger partial charge in [0.05, 0.1) is 11.1 Å². The third-order valence-corrected chi connectivity index (χ3v) is 11.9. The maximum Gasteiger partial charge on any atom is 0.159 e. The van der Waals surface area contributed by atoms with E-state index >= 15 is 0 Å². The maximum atomic E-state index is 6.99. The molecule has 3 nitrogen and oxygen atoms in total. The van der Waals surface area contributed by atoms with Crippen LogP contribution in [0.5, 0.6) is 11.5 Å². The highest BCUT2D eigenvalue weighted by molar-refractivity contribution is 6.10. The summed E-state index contributed by atoms with van der Waals surface area (Å²) in [7, 11) is 0. The van der Waals surface area contributed by atoms with Gasteiger partial charge in [-0.05, 0) is 98.8 Å². The third-order valence-electron chi connectivity index (χ3n) is 11.9. The van der Waals surface area contributed by atoms with Gasteiger partial charge >= 0.3 is 0 Å². The van der Waals surface area contributed by atoms with E-state index in [1.54, 1.807) is 0 Å². The van der Waals surface area contributed by atoms with Crippen LogP contribution < -0.4 is 9.64 Å². The molecule has 2 heterocycles. The van der Waals surface area contributed by atoms with Crippen LogP contribution in [0.3, 0.4) is 0 Å². The van der Waals surface area contributed by atoms with Crippen LogP contribution in [0.1, 0.15) is 22.3 Å². The highest BCUT2D eigenvalue weighted by atomic mass is 16.5. The number of rotatable bonds is 4. The van der Waals surface area contributed by atoms with Gasteiger partial charge in [-0.1, -0.05) is 146 Å². The molecule has 12 rings (SSSR count). The molecule has 0 bridgehead atoms. The molecule has 0 unspecified atom stereocenters. The minimum Gasteiger partial charge on any atom is -0.457 e. The second kappa shape index (κ2) is 11.8. The van der Waals surface area contributed by atoms with Crippen molar-refractivity contribution < 1.29 is 9.15 Å². The van der Waals surface area contributed by atoms with E-state index in [0.29, 0.717) is 0 Å². The Morgan fingerprint density at radius 3 is 1.79 bits per heavy atom. The van der Waals surface area contributed by atoms with Gasteiger partial charge < -0.3 is 14.1 Å². The number of hydrogen-bond acceptors (Lipinski definition) is 3. The van der Waals surface area contributed by atoms with E-state index in [-0.39, 0.29) is 0 Å². The van der Waals surface area contributed by atoms with Crippen molar-refractivity contribution >= 4 is 49.8 Å². The Balaban J connectivity index is 1.01. The van der Waals surface area contributed by atoms with Crippen LogP contribution >= 0.6 is 0 Å². The fourth-order valence-corrected chi connectivity index (χ4v) is 9.49. The number of benzene rings is 9. The number of furan rings is 1. The SMILES string of the molecule is c1ccc(N(c2ccc(-c3ccc4c(c3)Oc3cc5ccccc5cc3C43c4ccccc4-c4ccccc43)cc2)c2cccc3c2oc2ccccc23)cc1. The molecular formula is C53H33NO2. The van der Waals surface area contributed by atoms with E-state index in [0.717, 1.165) is 72.6 Å². The number of ether oxygens (including phenoxy) is 1. The Labute approximate surface area is 324 Å². The van der Waals surface area contributed by atoms with Gasteiger partial charge in [-0.3, -0.25) is 0 Å². The topological polar surface area (TPSA) is 25.6 Å². The molecule has 0 N–H and O–H groups in total. The van der Waals surface area contributed by atoms with Crippen molar-refractivity contribution in [1.29, 1.82) is 0 Å². The van der Waals surface area contributed by atoms with E-state index in [9.17, 15) is 0 Å². The Hall–Kier alpha value is -7.36. The summed E-state index contributed by atoms with van der Waals surface area (Å²) in [5.41, 5.74) is 14.0. The Morgan fingerprint density at radius 2 is 1.00 bits per heavy atom. The number of nitrogens with zero attached hydrogens (tertiary/aromatic N) is 1. The molecule has 1 aromatic heterocycles. The smallest absolute Gasteiger partial charge is 0.159 e. The van der Waals surface area contributed by atoms with Crippen molar-refractivity contribution in [2.45, 2.75) is 5.41 Å². The predicted octanol–water partition coefficient (Wildman–Crippen LogP) is 14.3. The lowest BCUT2D eigenvalue weighted by Crippen LogP contribution is -2.32. The third kappa shape index (κ3) is 4.34. The van der Waals surface area contributed by atoms with E-state index in [1.807, 2.05) is 12.1 Å². The summed E-state index contributed by atoms with van der Waals surface area (Å²) in [5.74, 6) is 1.77. The molecule has 262 valence electrons. The van der Waals surface area contributed by atoms with Crippen molar-refractivity contribution in [2.75, 3.05) is 4.90 Å². The van der Waals surface area contributed by atoms with Crippen molar-refractivity contribution in [1.82, 2.24) is 0 Å². The Kier molecular flexibility index (Phi) is 6.55. The normalized spacial score (nSPS) is 13.3. The van der Waals surface area contributed by atoms with E-state index in [4.69, 9.17) is 9.15 Å². The molecule has 9 aromatic carbocycles. The average molecular weight is 716 g/mol. The van der Waals surface area contributed by atoms with Crippen LogP contribution in [0.4, 0.5) is 17.1 Å². The van der Waals surface area contributed by atoms with E-state index < -0.39 is 5.41 Å². The lowest BCUT2D eigenvalue weighted by Gasteiger charge is -2.39. The second-order valence-electron chi connectivity index (χ2n) is 14.8. The quantitative estimate of drug-likeness (QED) is 0.181. The minimum atomic E-state index is -0.517. The molecule has 3 heteroatoms. The van der Waals surface area contributed by atoms with Crippen LogP contribution in [0.15, 0.2) is 205 Å². The molecule has 0 fully saturated rings. The second-order valence-corrected chi connectivity index (χ2v) is 14.8. The molecule has 10 aromatic rings. The predicted molar refractivity (Wildman–Crippen MR) is 229 cm³/mol. The van der Waals surface area contributed by atoms with Crippen LogP contribution in [0, 0.1) is 0 Å². The molecule has 1 aliphatic carbocycles. The largest absolute Gasteiger partial charge is 0.457 e. The van der Waals surface area contributed by atoms with Crippen molar-refractivity contribution in [3.63, 3.8) is 0 Å². The standard InChI is InChI=1S/C53H33NO2/c1-2-15-38(16-3-1)54(48-23-12-20-43-42-19-8-11-24-49(42)56-52(43)48)39-28-25-34(26-29-39)37-27-30-46-50(33-37)55-51-32-36-14-5-4-13-35(36)31-47(51)53(46)44-21-9-6-17-40(44)41-18-7-10-22-45(41)53/h1-33H. The zero-order valence-corrected chi connectivity index (χ0v) is 30.3. The molecule has 1 aliphatic heterocycles. The Morgan fingerprint density at radius 1 is 0.393 bits per heavy atom. The molecule has 1 spiro atoms. The van der Waals surface area contributed by atoms with Gasteiger partial charge in [0.15, 0.2) is 5.58 Å². The fraction of sp³-hybridized carbons (Fsp3) is 0.0189. The average Bonchev–Trinajstić information content (AvgIpc) is 3.79. The number of fused-ring (bicyclic) bond motifs is 13. The van der Waals surface area contributed by atoms with Crippen molar-refractivity contribution in [2.24, 2.45) is 0 Å². The summed E-state index contributed by atoms with van der Waals surface area (Å²) in [6, 6.07) is 71.7. The Bertz CT molecular complexity index is 3130. The first-order valence-electron chi connectivity index (χ1n) is 19.2. The summed E-state index contributed by atoms with van der Waals surface area (Å²) < 4.78 is 13.5. The molecule has 0 atom stereocenters. The van der Waals surface area contributed by atoms with Crippen molar-refractivity contribution in [3.8, 4) is 33.8 Å². The first-order valence-corrected chi connectivity index (χ1v) is 19.2. The highest BCUT2D eigenvalue weighted by Crippen LogP contribution is 2.62. The molecule has 2 aliphatic rings. The molecule has 56 heavy (non-hydrogen) atoms. The first-order chi connectivity index (χ1) is 27.8. The first kappa shape index (κ1) is 31.0. The maximum absolute atomic E-state index is 6.99. The lowest BCUT2D eigenvalue weighted by molar-refractivity contribution is 0.437. The molecular weight excluding hydrogens is 683 g/mol. The van der Waals surface area contributed by atoms with Crippen molar-refractivity contribution in [3.05, 3.63) is 222 Å². The summed E-state index contributed by atoms with van der Waals surface area (Å²) in [6.07, 6.45) is 0. The molecule has 0 saturated heterocycles. The summed E-state index contributed by atoms with van der Waals surface area (Å²) in [5, 5.41) is 4.59. The van der Waals surface area contributed by atoms with Crippen LogP contribution in [0.25, 0.3) is 55.0 Å². The van der Waals surface area contributed by atoms with E-state index in [1.165, 1.54) is 33.2 Å². The zero-order chi connectivity index (χ0) is 36.8. The van der Waals surface area contributed by atoms with Crippen LogP contribution in [-0.2, 0) is 5.41 Å². The number of hydrogen-bond donors (Lipinski definition) is 0. The van der Waals surface area contributed by atoms with Crippen LogP contribution in [-0.4, -0.2) is 0 Å². The van der Waals surface area contributed by atoms with Gasteiger partial charge in [0, 0.05) is 33.3 Å². The van der Waals surface area contributed by atoms with Gasteiger partial charge in [-0.25, -0.2) is 0 Å². The van der Waals surface area contributed by atoms with Gasteiger partial charge in [0.2, 0.25) is 0 Å².